The number of nitrogens with one attached hydrogen (secondary N) is 2. The molecule has 0 saturated heterocycles. The lowest BCUT2D eigenvalue weighted by Crippen LogP contribution is -2.07. The van der Waals surface area contributed by atoms with Crippen molar-refractivity contribution in [2.75, 3.05) is 43.5 Å². The van der Waals surface area contributed by atoms with Gasteiger partial charge in [-0.15, -0.1) is 0 Å². The molecular weight excluding hydrogens is 377 g/mol. The fraction of sp³-hybridized carbons (Fsp3) is 0.200. The lowest BCUT2D eigenvalue weighted by atomic mass is 10.3. The first-order valence-corrected chi connectivity index (χ1v) is 8.86. The van der Waals surface area contributed by atoms with Crippen LogP contribution in [0.3, 0.4) is 0 Å². The van der Waals surface area contributed by atoms with Gasteiger partial charge in [-0.25, -0.2) is 9.37 Å². The largest absolute Gasteiger partial charge is 0.468 e. The molecule has 0 bridgehead atoms. The molecule has 0 aliphatic heterocycles. The minimum atomic E-state index is -0.574. The van der Waals surface area contributed by atoms with Crippen molar-refractivity contribution >= 4 is 28.8 Å². The number of nitrogens with two attached hydrogens (primary N) is 1. The van der Waals surface area contributed by atoms with Gasteiger partial charge in [0.2, 0.25) is 5.95 Å². The highest BCUT2D eigenvalue weighted by molar-refractivity contribution is 5.63. The van der Waals surface area contributed by atoms with E-state index in [9.17, 15) is 4.39 Å². The molecule has 0 radical (unpaired) electrons. The summed E-state index contributed by atoms with van der Waals surface area (Å²) >= 11 is 0. The lowest BCUT2D eigenvalue weighted by Gasteiger charge is -2.11. The van der Waals surface area contributed by atoms with E-state index < -0.39 is 5.82 Å². The van der Waals surface area contributed by atoms with Crippen LogP contribution < -0.4 is 21.1 Å². The summed E-state index contributed by atoms with van der Waals surface area (Å²) in [5, 5.41) is 5.92. The third-order valence-corrected chi connectivity index (χ3v) is 3.74. The summed E-state index contributed by atoms with van der Waals surface area (Å²) in [6.45, 7) is 1.11. The summed E-state index contributed by atoms with van der Waals surface area (Å²) in [7, 11) is 1.61. The molecule has 0 amide bonds. The summed E-state index contributed by atoms with van der Waals surface area (Å²) in [5.41, 5.74) is 7.66. The average Bonchev–Trinajstić information content (AvgIpc) is 2.72. The predicted octanol–water partition coefficient (Wildman–Crippen LogP) is 3.68. The van der Waals surface area contributed by atoms with Crippen molar-refractivity contribution in [3.8, 4) is 5.75 Å². The number of methoxy groups -OCH3 is 1. The van der Waals surface area contributed by atoms with Gasteiger partial charge < -0.3 is 30.6 Å². The van der Waals surface area contributed by atoms with Gasteiger partial charge in [0.1, 0.15) is 5.75 Å². The van der Waals surface area contributed by atoms with Crippen molar-refractivity contribution in [2.24, 2.45) is 0 Å². The molecule has 1 heterocycles. The Kier molecular flexibility index (Phi) is 7.15. The zero-order valence-corrected chi connectivity index (χ0v) is 15.9. The molecule has 0 unspecified atom stereocenters. The second-order valence-electron chi connectivity index (χ2n) is 5.95. The van der Waals surface area contributed by atoms with E-state index in [0.717, 1.165) is 11.9 Å². The van der Waals surface area contributed by atoms with Gasteiger partial charge >= 0.3 is 0 Å². The quantitative estimate of drug-likeness (QED) is 0.269. The number of aromatic nitrogens is 2. The molecule has 29 heavy (non-hydrogen) atoms. The van der Waals surface area contributed by atoms with Crippen LogP contribution in [0, 0.1) is 5.82 Å². The van der Waals surface area contributed by atoms with Crippen LogP contribution in [-0.4, -0.2) is 37.1 Å². The van der Waals surface area contributed by atoms with Gasteiger partial charge in [-0.1, -0.05) is 6.07 Å². The first kappa shape index (κ1) is 20.3. The van der Waals surface area contributed by atoms with Crippen molar-refractivity contribution < 1.29 is 18.6 Å². The molecule has 4 N–H and O–H groups in total. The number of hydrogen-bond donors (Lipinski definition) is 3. The van der Waals surface area contributed by atoms with Gasteiger partial charge in [0, 0.05) is 24.2 Å². The molecule has 0 aliphatic rings. The zero-order chi connectivity index (χ0) is 20.5. The molecule has 152 valence electrons. The van der Waals surface area contributed by atoms with Gasteiger partial charge in [0.05, 0.1) is 19.4 Å². The Labute approximate surface area is 167 Å². The first-order valence-electron chi connectivity index (χ1n) is 8.86. The third-order valence-electron chi connectivity index (χ3n) is 3.74. The molecule has 0 aliphatic carbocycles. The molecule has 9 heteroatoms. The summed E-state index contributed by atoms with van der Waals surface area (Å²) in [6.07, 6.45) is 1.10. The smallest absolute Gasteiger partial charge is 0.229 e. The Bertz CT molecular complexity index is 924. The van der Waals surface area contributed by atoms with Gasteiger partial charge in [-0.2, -0.15) is 4.98 Å². The molecule has 2 aromatic carbocycles. The summed E-state index contributed by atoms with van der Waals surface area (Å²) in [6, 6.07) is 14.1. The van der Waals surface area contributed by atoms with Crippen molar-refractivity contribution in [3.63, 3.8) is 0 Å². The van der Waals surface area contributed by atoms with E-state index in [0.29, 0.717) is 30.3 Å². The number of nitrogens with zero attached hydrogens (tertiary/aromatic N) is 2. The van der Waals surface area contributed by atoms with Gasteiger partial charge in [-0.3, -0.25) is 0 Å². The molecule has 1 aromatic heterocycles. The van der Waals surface area contributed by atoms with Crippen LogP contribution in [0.1, 0.15) is 0 Å². The topological polar surface area (TPSA) is 104 Å². The van der Waals surface area contributed by atoms with Gasteiger partial charge in [-0.05, 0) is 42.5 Å². The number of nitrogen functional groups attached to an aromatic ring is 1. The second-order valence-corrected chi connectivity index (χ2v) is 5.95. The highest BCUT2D eigenvalue weighted by Crippen LogP contribution is 2.22. The predicted molar refractivity (Wildman–Crippen MR) is 109 cm³/mol. The number of benzene rings is 2. The van der Waals surface area contributed by atoms with Crippen molar-refractivity contribution in [1.82, 2.24) is 9.97 Å². The van der Waals surface area contributed by atoms with Crippen LogP contribution in [0.5, 0.6) is 5.75 Å². The highest BCUT2D eigenvalue weighted by Gasteiger charge is 2.08. The average molecular weight is 399 g/mol. The number of anilines is 5. The van der Waals surface area contributed by atoms with E-state index in [-0.39, 0.29) is 18.6 Å². The monoisotopic (exact) mass is 399 g/mol. The molecule has 3 rings (SSSR count). The highest BCUT2D eigenvalue weighted by atomic mass is 19.1. The van der Waals surface area contributed by atoms with E-state index in [4.69, 9.17) is 19.9 Å². The van der Waals surface area contributed by atoms with Gasteiger partial charge in [0.25, 0.3) is 0 Å². The Balaban J connectivity index is 1.60. The zero-order valence-electron chi connectivity index (χ0n) is 15.9. The molecular formula is C20H22FN5O3. The SMILES string of the molecule is COCCOCOc1ccc(Nc2ncc(F)c(Nc3cccc(N)c3)n2)cc1. The normalized spacial score (nSPS) is 10.6. The molecule has 0 saturated carbocycles. The number of hydrogen-bond acceptors (Lipinski definition) is 8. The molecule has 0 fully saturated rings. The Morgan fingerprint density at radius 2 is 1.86 bits per heavy atom. The summed E-state index contributed by atoms with van der Waals surface area (Å²) in [4.78, 5) is 8.15. The van der Waals surface area contributed by atoms with Crippen molar-refractivity contribution in [1.29, 1.82) is 0 Å². The number of rotatable bonds is 10. The van der Waals surface area contributed by atoms with Crippen LogP contribution in [0.4, 0.5) is 33.2 Å². The van der Waals surface area contributed by atoms with Crippen LogP contribution >= 0.6 is 0 Å². The second kappa shape index (κ2) is 10.2. The summed E-state index contributed by atoms with van der Waals surface area (Å²) < 4.78 is 29.7. The minimum absolute atomic E-state index is 0.0428. The van der Waals surface area contributed by atoms with Crippen molar-refractivity contribution in [2.45, 2.75) is 0 Å². The Morgan fingerprint density at radius 1 is 1.03 bits per heavy atom. The van der Waals surface area contributed by atoms with E-state index in [2.05, 4.69) is 20.6 Å². The Hall–Kier alpha value is -3.43. The van der Waals surface area contributed by atoms with Crippen LogP contribution in [0.2, 0.25) is 0 Å². The summed E-state index contributed by atoms with van der Waals surface area (Å²) in [5.74, 6) is 0.364. The fourth-order valence-corrected chi connectivity index (χ4v) is 2.34. The molecule has 0 atom stereocenters. The lowest BCUT2D eigenvalue weighted by molar-refractivity contribution is -0.00846. The minimum Gasteiger partial charge on any atom is -0.468 e. The van der Waals surface area contributed by atoms with Gasteiger partial charge in [0.15, 0.2) is 18.4 Å². The van der Waals surface area contributed by atoms with E-state index in [1.165, 1.54) is 0 Å². The third kappa shape index (κ3) is 6.30. The van der Waals surface area contributed by atoms with E-state index in [1.807, 2.05) is 0 Å². The maximum Gasteiger partial charge on any atom is 0.229 e. The number of ether oxygens (including phenoxy) is 3. The van der Waals surface area contributed by atoms with E-state index >= 15 is 0 Å². The van der Waals surface area contributed by atoms with Crippen LogP contribution in [0.25, 0.3) is 0 Å². The molecule has 8 nitrogen and oxygen atoms in total. The van der Waals surface area contributed by atoms with E-state index in [1.54, 1.807) is 55.6 Å². The Morgan fingerprint density at radius 3 is 2.62 bits per heavy atom. The maximum absolute atomic E-state index is 14.1. The standard InChI is InChI=1S/C20H22FN5O3/c1-27-9-10-28-13-29-17-7-5-15(6-8-17)25-20-23-12-18(21)19(26-20)24-16-4-2-3-14(22)11-16/h2-8,11-12H,9-10,13,22H2,1H3,(H2,23,24,25,26). The molecule has 0 spiro atoms. The van der Waals surface area contributed by atoms with Crippen molar-refractivity contribution in [3.05, 3.63) is 60.5 Å². The molecule has 3 aromatic rings. The van der Waals surface area contributed by atoms with Crippen LogP contribution in [-0.2, 0) is 9.47 Å². The first-order chi connectivity index (χ1) is 14.1. The van der Waals surface area contributed by atoms with Crippen LogP contribution in [0.15, 0.2) is 54.7 Å². The number of halogens is 1. The maximum atomic E-state index is 14.1. The fourth-order valence-electron chi connectivity index (χ4n) is 2.34.